The maximum absolute atomic E-state index is 13.7. The third kappa shape index (κ3) is 3.56. The Balaban J connectivity index is 1.60. The Morgan fingerprint density at radius 1 is 1.17 bits per heavy atom. The zero-order valence-corrected chi connectivity index (χ0v) is 13.0. The quantitative estimate of drug-likeness (QED) is 0.933. The second-order valence-electron chi connectivity index (χ2n) is 5.08. The molecule has 4 nitrogen and oxygen atoms in total. The van der Waals surface area contributed by atoms with Crippen LogP contribution in [-0.4, -0.2) is 25.7 Å². The van der Waals surface area contributed by atoms with E-state index in [2.05, 4.69) is 5.32 Å². The molecule has 1 aliphatic heterocycles. The van der Waals surface area contributed by atoms with Crippen LogP contribution in [0.4, 0.5) is 4.39 Å². The Morgan fingerprint density at radius 2 is 1.96 bits per heavy atom. The summed E-state index contributed by atoms with van der Waals surface area (Å²) in [5.74, 6) is 0.277. The molecule has 0 atom stereocenters. The third-order valence-corrected chi connectivity index (χ3v) is 3.81. The van der Waals surface area contributed by atoms with Crippen molar-refractivity contribution in [2.75, 3.05) is 19.8 Å². The van der Waals surface area contributed by atoms with Crippen LogP contribution in [0.15, 0.2) is 36.4 Å². The van der Waals surface area contributed by atoms with Crippen molar-refractivity contribution in [3.05, 3.63) is 58.4 Å². The molecule has 23 heavy (non-hydrogen) atoms. The smallest absolute Gasteiger partial charge is 0.255 e. The molecule has 1 N–H and O–H groups in total. The highest BCUT2D eigenvalue weighted by Crippen LogP contribution is 2.30. The molecular weight excluding hydrogens is 321 g/mol. The minimum absolute atomic E-state index is 0.0989. The van der Waals surface area contributed by atoms with Crippen LogP contribution in [0.1, 0.15) is 15.9 Å². The first-order valence-electron chi connectivity index (χ1n) is 7.26. The number of ether oxygens (including phenoxy) is 2. The summed E-state index contributed by atoms with van der Waals surface area (Å²) in [5, 5.41) is 2.77. The van der Waals surface area contributed by atoms with Crippen LogP contribution in [-0.2, 0) is 6.42 Å². The summed E-state index contributed by atoms with van der Waals surface area (Å²) in [6.45, 7) is 1.44. The van der Waals surface area contributed by atoms with Gasteiger partial charge in [0.25, 0.3) is 5.91 Å². The maximum Gasteiger partial charge on any atom is 0.255 e. The van der Waals surface area contributed by atoms with E-state index in [0.29, 0.717) is 31.9 Å². The molecule has 0 unspecified atom stereocenters. The van der Waals surface area contributed by atoms with Gasteiger partial charge in [-0.05, 0) is 36.2 Å². The largest absolute Gasteiger partial charge is 0.486 e. The maximum atomic E-state index is 13.7. The van der Waals surface area contributed by atoms with Gasteiger partial charge in [-0.1, -0.05) is 23.7 Å². The lowest BCUT2D eigenvalue weighted by atomic mass is 10.1. The molecule has 0 aromatic heterocycles. The van der Waals surface area contributed by atoms with Gasteiger partial charge < -0.3 is 14.8 Å². The van der Waals surface area contributed by atoms with E-state index in [4.69, 9.17) is 21.1 Å². The summed E-state index contributed by atoms with van der Waals surface area (Å²) in [6, 6.07) is 9.80. The number of carbonyl (C=O) groups is 1. The summed E-state index contributed by atoms with van der Waals surface area (Å²) in [7, 11) is 0. The van der Waals surface area contributed by atoms with Crippen LogP contribution >= 0.6 is 11.6 Å². The van der Waals surface area contributed by atoms with E-state index < -0.39 is 11.7 Å². The lowest BCUT2D eigenvalue weighted by molar-refractivity contribution is 0.0950. The van der Waals surface area contributed by atoms with Crippen LogP contribution in [0.2, 0.25) is 5.02 Å². The van der Waals surface area contributed by atoms with Crippen molar-refractivity contribution >= 4 is 17.5 Å². The Morgan fingerprint density at radius 3 is 2.74 bits per heavy atom. The topological polar surface area (TPSA) is 47.6 Å². The van der Waals surface area contributed by atoms with Gasteiger partial charge in [0, 0.05) is 6.54 Å². The number of rotatable bonds is 4. The van der Waals surface area contributed by atoms with Gasteiger partial charge in [-0.25, -0.2) is 4.39 Å². The highest BCUT2D eigenvalue weighted by atomic mass is 35.5. The number of carbonyl (C=O) groups excluding carboxylic acids is 1. The normalized spacial score (nSPS) is 12.8. The molecule has 0 fully saturated rings. The molecule has 1 aliphatic rings. The lowest BCUT2D eigenvalue weighted by Crippen LogP contribution is -2.27. The highest BCUT2D eigenvalue weighted by molar-refractivity contribution is 6.33. The number of hydrogen-bond acceptors (Lipinski definition) is 3. The standard InChI is InChI=1S/C17H15ClFNO3/c18-12-2-1-3-13(19)16(12)17(21)20-7-6-11-4-5-14-15(10-11)23-9-8-22-14/h1-5,10H,6-9H2,(H,20,21). The van der Waals surface area contributed by atoms with Gasteiger partial charge in [-0.3, -0.25) is 4.79 Å². The van der Waals surface area contributed by atoms with E-state index in [0.717, 1.165) is 11.3 Å². The molecule has 0 saturated heterocycles. The van der Waals surface area contributed by atoms with Crippen molar-refractivity contribution in [1.29, 1.82) is 0 Å². The predicted molar refractivity (Wildman–Crippen MR) is 84.9 cm³/mol. The van der Waals surface area contributed by atoms with Crippen molar-refractivity contribution in [3.8, 4) is 11.5 Å². The molecule has 0 bridgehead atoms. The second kappa shape index (κ2) is 6.87. The highest BCUT2D eigenvalue weighted by Gasteiger charge is 2.15. The Hall–Kier alpha value is -2.27. The van der Waals surface area contributed by atoms with Crippen molar-refractivity contribution in [2.45, 2.75) is 6.42 Å². The first kappa shape index (κ1) is 15.6. The van der Waals surface area contributed by atoms with E-state index in [-0.39, 0.29) is 10.6 Å². The molecule has 0 spiro atoms. The van der Waals surface area contributed by atoms with E-state index in [1.807, 2.05) is 18.2 Å². The van der Waals surface area contributed by atoms with Crippen molar-refractivity contribution < 1.29 is 18.7 Å². The zero-order chi connectivity index (χ0) is 16.2. The number of fused-ring (bicyclic) bond motifs is 1. The van der Waals surface area contributed by atoms with Crippen LogP contribution in [0.25, 0.3) is 0 Å². The Bertz CT molecular complexity index is 716. The minimum Gasteiger partial charge on any atom is -0.486 e. The fraction of sp³-hybridized carbons (Fsp3) is 0.235. The zero-order valence-electron chi connectivity index (χ0n) is 12.3. The van der Waals surface area contributed by atoms with Crippen LogP contribution in [0.3, 0.4) is 0 Å². The summed E-state index contributed by atoms with van der Waals surface area (Å²) < 4.78 is 24.6. The first-order valence-corrected chi connectivity index (χ1v) is 7.63. The molecule has 2 aromatic rings. The summed E-state index contributed by atoms with van der Waals surface area (Å²) >= 11 is 5.87. The lowest BCUT2D eigenvalue weighted by Gasteiger charge is -2.18. The monoisotopic (exact) mass is 335 g/mol. The molecular formula is C17H15ClFNO3. The van der Waals surface area contributed by atoms with E-state index >= 15 is 0 Å². The number of amides is 1. The van der Waals surface area contributed by atoms with Crippen LogP contribution in [0, 0.1) is 5.82 Å². The van der Waals surface area contributed by atoms with Crippen molar-refractivity contribution in [1.82, 2.24) is 5.32 Å². The molecule has 0 aliphatic carbocycles. The summed E-state index contributed by atoms with van der Waals surface area (Å²) in [4.78, 5) is 12.0. The van der Waals surface area contributed by atoms with Crippen LogP contribution < -0.4 is 14.8 Å². The van der Waals surface area contributed by atoms with Gasteiger partial charge in [-0.2, -0.15) is 0 Å². The predicted octanol–water partition coefficient (Wildman–Crippen LogP) is 3.22. The molecule has 0 radical (unpaired) electrons. The molecule has 1 heterocycles. The van der Waals surface area contributed by atoms with Gasteiger partial charge in [0.1, 0.15) is 19.0 Å². The summed E-state index contributed by atoms with van der Waals surface area (Å²) in [5.41, 5.74) is 0.866. The van der Waals surface area contributed by atoms with Crippen molar-refractivity contribution in [3.63, 3.8) is 0 Å². The minimum atomic E-state index is -0.630. The van der Waals surface area contributed by atoms with E-state index in [1.54, 1.807) is 0 Å². The summed E-state index contributed by atoms with van der Waals surface area (Å²) in [6.07, 6.45) is 0.592. The van der Waals surface area contributed by atoms with Crippen molar-refractivity contribution in [2.24, 2.45) is 0 Å². The number of halogens is 2. The number of nitrogens with one attached hydrogen (secondary N) is 1. The second-order valence-corrected chi connectivity index (χ2v) is 5.49. The average molecular weight is 336 g/mol. The molecule has 0 saturated carbocycles. The number of benzene rings is 2. The fourth-order valence-corrected chi connectivity index (χ4v) is 2.62. The SMILES string of the molecule is O=C(NCCc1ccc2c(c1)OCCO2)c1c(F)cccc1Cl. The van der Waals surface area contributed by atoms with E-state index in [1.165, 1.54) is 18.2 Å². The van der Waals surface area contributed by atoms with Crippen LogP contribution in [0.5, 0.6) is 11.5 Å². The van der Waals surface area contributed by atoms with E-state index in [9.17, 15) is 9.18 Å². The van der Waals surface area contributed by atoms with Gasteiger partial charge >= 0.3 is 0 Å². The number of hydrogen-bond donors (Lipinski definition) is 1. The van der Waals surface area contributed by atoms with Gasteiger partial charge in [0.2, 0.25) is 0 Å². The molecule has 3 rings (SSSR count). The first-order chi connectivity index (χ1) is 11.1. The third-order valence-electron chi connectivity index (χ3n) is 3.50. The van der Waals surface area contributed by atoms with Gasteiger partial charge in [0.05, 0.1) is 10.6 Å². The molecule has 6 heteroatoms. The molecule has 2 aromatic carbocycles. The average Bonchev–Trinajstić information content (AvgIpc) is 2.54. The molecule has 120 valence electrons. The van der Waals surface area contributed by atoms with Gasteiger partial charge in [0.15, 0.2) is 11.5 Å². The Labute approximate surface area is 138 Å². The fourth-order valence-electron chi connectivity index (χ4n) is 2.37. The molecule has 1 amide bonds. The van der Waals surface area contributed by atoms with Gasteiger partial charge in [-0.15, -0.1) is 0 Å². The Kier molecular flexibility index (Phi) is 4.67.